The van der Waals surface area contributed by atoms with Crippen molar-refractivity contribution in [1.29, 1.82) is 0 Å². The molecule has 2 heterocycles. The lowest BCUT2D eigenvalue weighted by Gasteiger charge is -2.33. The molecule has 0 aliphatic carbocycles. The molecule has 4 rings (SSSR count). The number of piperazine rings is 1. The van der Waals surface area contributed by atoms with Gasteiger partial charge in [-0.15, -0.1) is 11.3 Å². The van der Waals surface area contributed by atoms with Crippen molar-refractivity contribution in [3.63, 3.8) is 0 Å². The van der Waals surface area contributed by atoms with Crippen LogP contribution in [0.4, 0.5) is 4.39 Å². The Morgan fingerprint density at radius 1 is 1.03 bits per heavy atom. The summed E-state index contributed by atoms with van der Waals surface area (Å²) in [6.07, 6.45) is 0. The second kappa shape index (κ2) is 9.55. The summed E-state index contributed by atoms with van der Waals surface area (Å²) in [5.74, 6) is -1.68. The number of rotatable bonds is 5. The number of ether oxygens (including phenoxy) is 1. The van der Waals surface area contributed by atoms with Crippen molar-refractivity contribution in [3.8, 4) is 0 Å². The van der Waals surface area contributed by atoms with E-state index in [1.54, 1.807) is 0 Å². The molecule has 1 fully saturated rings. The molecule has 0 saturated carbocycles. The molecule has 1 aliphatic rings. The second-order valence-corrected chi connectivity index (χ2v) is 11.0. The van der Waals surface area contributed by atoms with Gasteiger partial charge in [0.15, 0.2) is 6.61 Å². The van der Waals surface area contributed by atoms with Crippen LogP contribution in [0.25, 0.3) is 10.1 Å². The molecule has 1 amide bonds. The Labute approximate surface area is 203 Å². The summed E-state index contributed by atoms with van der Waals surface area (Å²) < 4.78 is 45.8. The lowest BCUT2D eigenvalue weighted by Crippen LogP contribution is -2.51. The number of halogens is 3. The molecular formula is C21H17Cl2FN2O5S2. The molecule has 0 bridgehead atoms. The minimum Gasteiger partial charge on any atom is -0.451 e. The van der Waals surface area contributed by atoms with E-state index >= 15 is 0 Å². The Morgan fingerprint density at radius 2 is 1.70 bits per heavy atom. The first kappa shape index (κ1) is 23.9. The van der Waals surface area contributed by atoms with Crippen LogP contribution in [0, 0.1) is 5.82 Å². The molecule has 0 atom stereocenters. The Morgan fingerprint density at radius 3 is 2.36 bits per heavy atom. The van der Waals surface area contributed by atoms with Crippen LogP contribution >= 0.6 is 34.5 Å². The maximum atomic E-state index is 13.4. The number of carbonyl (C=O) groups excluding carboxylic acids is 2. The van der Waals surface area contributed by atoms with E-state index in [-0.39, 0.29) is 41.0 Å². The number of carbonyl (C=O) groups is 2. The van der Waals surface area contributed by atoms with Crippen molar-refractivity contribution < 1.29 is 27.1 Å². The van der Waals surface area contributed by atoms with Gasteiger partial charge in [-0.25, -0.2) is 17.6 Å². The van der Waals surface area contributed by atoms with Crippen LogP contribution in [-0.2, 0) is 19.6 Å². The summed E-state index contributed by atoms with van der Waals surface area (Å²) in [5.41, 5.74) is 0. The van der Waals surface area contributed by atoms with Crippen LogP contribution in [0.15, 0.2) is 47.4 Å². The average Bonchev–Trinajstić information content (AvgIpc) is 3.13. The van der Waals surface area contributed by atoms with Crippen molar-refractivity contribution >= 4 is 66.5 Å². The third-order valence-electron chi connectivity index (χ3n) is 5.15. The van der Waals surface area contributed by atoms with Gasteiger partial charge in [0.05, 0.1) is 9.92 Å². The Hall–Kier alpha value is -2.24. The van der Waals surface area contributed by atoms with Gasteiger partial charge in [0.25, 0.3) is 5.91 Å². The highest BCUT2D eigenvalue weighted by Crippen LogP contribution is 2.36. The minimum atomic E-state index is -3.70. The molecule has 3 aromatic rings. The summed E-state index contributed by atoms with van der Waals surface area (Å²) in [5, 5.41) is 1.11. The molecule has 2 aromatic carbocycles. The molecule has 0 spiro atoms. The van der Waals surface area contributed by atoms with Gasteiger partial charge >= 0.3 is 5.97 Å². The van der Waals surface area contributed by atoms with E-state index in [0.717, 1.165) is 11.3 Å². The summed E-state index contributed by atoms with van der Waals surface area (Å²) in [7, 11) is -3.70. The highest BCUT2D eigenvalue weighted by atomic mass is 35.5. The van der Waals surface area contributed by atoms with Crippen LogP contribution < -0.4 is 0 Å². The second-order valence-electron chi connectivity index (χ2n) is 7.20. The molecule has 0 radical (unpaired) electrons. The van der Waals surface area contributed by atoms with E-state index in [2.05, 4.69) is 0 Å². The monoisotopic (exact) mass is 530 g/mol. The van der Waals surface area contributed by atoms with E-state index < -0.39 is 34.3 Å². The lowest BCUT2D eigenvalue weighted by atomic mass is 10.2. The first-order valence-corrected chi connectivity index (χ1v) is 12.8. The van der Waals surface area contributed by atoms with E-state index in [1.807, 2.05) is 0 Å². The highest BCUT2D eigenvalue weighted by molar-refractivity contribution is 7.89. The van der Waals surface area contributed by atoms with Gasteiger partial charge in [-0.3, -0.25) is 4.79 Å². The predicted octanol–water partition coefficient (Wildman–Crippen LogP) is 4.04. The third-order valence-corrected chi connectivity index (χ3v) is 8.95. The molecule has 7 nitrogen and oxygen atoms in total. The number of esters is 1. The SMILES string of the molecule is O=C(OCC(=O)N1CCN(S(=O)(=O)c2ccc(Cl)cc2)CC1)c1sc2cc(F)ccc2c1Cl. The van der Waals surface area contributed by atoms with E-state index in [9.17, 15) is 22.4 Å². The maximum absolute atomic E-state index is 13.4. The number of benzene rings is 2. The lowest BCUT2D eigenvalue weighted by molar-refractivity contribution is -0.135. The van der Waals surface area contributed by atoms with Crippen LogP contribution in [-0.4, -0.2) is 62.3 Å². The number of hydrogen-bond donors (Lipinski definition) is 0. The molecule has 33 heavy (non-hydrogen) atoms. The minimum absolute atomic E-state index is 0.0870. The Bertz CT molecular complexity index is 1320. The first-order chi connectivity index (χ1) is 15.7. The van der Waals surface area contributed by atoms with Gasteiger partial charge < -0.3 is 9.64 Å². The van der Waals surface area contributed by atoms with E-state index in [4.69, 9.17) is 27.9 Å². The zero-order valence-electron chi connectivity index (χ0n) is 17.0. The average molecular weight is 531 g/mol. The van der Waals surface area contributed by atoms with Crippen molar-refractivity contribution in [2.45, 2.75) is 4.90 Å². The molecular weight excluding hydrogens is 514 g/mol. The molecule has 174 valence electrons. The summed E-state index contributed by atoms with van der Waals surface area (Å²) >= 11 is 13.0. The van der Waals surface area contributed by atoms with Crippen molar-refractivity contribution in [1.82, 2.24) is 9.21 Å². The number of nitrogens with zero attached hydrogens (tertiary/aromatic N) is 2. The van der Waals surface area contributed by atoms with Gasteiger partial charge in [0.1, 0.15) is 10.7 Å². The summed E-state index contributed by atoms with van der Waals surface area (Å²) in [6.45, 7) is 0.0245. The van der Waals surface area contributed by atoms with Gasteiger partial charge in [-0.05, 0) is 42.5 Å². The topological polar surface area (TPSA) is 84.0 Å². The molecule has 0 N–H and O–H groups in total. The smallest absolute Gasteiger partial charge is 0.350 e. The van der Waals surface area contributed by atoms with E-state index in [1.165, 1.54) is 51.7 Å². The van der Waals surface area contributed by atoms with Crippen LogP contribution in [0.1, 0.15) is 9.67 Å². The third kappa shape index (κ3) is 4.99. The fourth-order valence-electron chi connectivity index (χ4n) is 3.39. The Kier molecular flexibility index (Phi) is 6.92. The first-order valence-electron chi connectivity index (χ1n) is 9.75. The maximum Gasteiger partial charge on any atom is 0.350 e. The van der Waals surface area contributed by atoms with Gasteiger partial charge in [0, 0.05) is 41.3 Å². The fraction of sp³-hybridized carbons (Fsp3) is 0.238. The van der Waals surface area contributed by atoms with E-state index in [0.29, 0.717) is 15.1 Å². The van der Waals surface area contributed by atoms with Crippen LogP contribution in [0.5, 0.6) is 0 Å². The van der Waals surface area contributed by atoms with Gasteiger partial charge in [0.2, 0.25) is 10.0 Å². The standard InChI is InChI=1S/C21H17Cl2FN2O5S2/c22-13-1-4-15(5-2-13)33(29,30)26-9-7-25(8-10-26)18(27)12-31-21(28)20-19(23)16-6-3-14(24)11-17(16)32-20/h1-6,11H,7-10,12H2. The normalized spacial score (nSPS) is 15.1. The van der Waals surface area contributed by atoms with Crippen molar-refractivity contribution in [2.24, 2.45) is 0 Å². The molecule has 1 aromatic heterocycles. The van der Waals surface area contributed by atoms with Crippen molar-refractivity contribution in [3.05, 3.63) is 63.2 Å². The summed E-state index contributed by atoms with van der Waals surface area (Å²) in [6, 6.07) is 9.86. The number of fused-ring (bicyclic) bond motifs is 1. The van der Waals surface area contributed by atoms with Crippen LogP contribution in [0.2, 0.25) is 10.0 Å². The zero-order chi connectivity index (χ0) is 23.8. The fourth-order valence-corrected chi connectivity index (χ4v) is 6.36. The predicted molar refractivity (Wildman–Crippen MR) is 124 cm³/mol. The van der Waals surface area contributed by atoms with Gasteiger partial charge in [-0.2, -0.15) is 4.31 Å². The molecule has 12 heteroatoms. The zero-order valence-corrected chi connectivity index (χ0v) is 20.1. The molecule has 1 aliphatic heterocycles. The van der Waals surface area contributed by atoms with Gasteiger partial charge in [-0.1, -0.05) is 23.2 Å². The highest BCUT2D eigenvalue weighted by Gasteiger charge is 2.30. The number of amides is 1. The van der Waals surface area contributed by atoms with Crippen LogP contribution in [0.3, 0.4) is 0 Å². The summed E-state index contributed by atoms with van der Waals surface area (Å²) in [4.78, 5) is 26.5. The molecule has 0 unspecified atom stereocenters. The number of sulfonamides is 1. The van der Waals surface area contributed by atoms with Crippen molar-refractivity contribution in [2.75, 3.05) is 32.8 Å². The Balaban J connectivity index is 1.34. The molecule has 1 saturated heterocycles. The number of hydrogen-bond acceptors (Lipinski definition) is 6. The largest absolute Gasteiger partial charge is 0.451 e. The number of thiophene rings is 1. The quantitative estimate of drug-likeness (QED) is 0.465.